The molecule has 4 heteroatoms. The Balaban J connectivity index is 1.59. The lowest BCUT2D eigenvalue weighted by molar-refractivity contribution is 0.0507. The second kappa shape index (κ2) is 8.78. The summed E-state index contributed by atoms with van der Waals surface area (Å²) in [5.41, 5.74) is 3.57. The van der Waals surface area contributed by atoms with Gasteiger partial charge in [-0.1, -0.05) is 74.0 Å². The van der Waals surface area contributed by atoms with Crippen LogP contribution < -0.4 is 10.6 Å². The summed E-state index contributed by atoms with van der Waals surface area (Å²) in [6, 6.07) is 18.8. The summed E-state index contributed by atoms with van der Waals surface area (Å²) in [5.74, 6) is 0. The maximum atomic E-state index is 12.6. The van der Waals surface area contributed by atoms with E-state index in [0.717, 1.165) is 26.1 Å². The third-order valence-electron chi connectivity index (χ3n) is 5.91. The maximum Gasteiger partial charge on any atom is 0.314 e. The molecule has 1 saturated heterocycles. The average Bonchev–Trinajstić information content (AvgIpc) is 2.72. The molecule has 4 nitrogen and oxygen atoms in total. The van der Waals surface area contributed by atoms with Gasteiger partial charge in [0.05, 0.1) is 0 Å². The van der Waals surface area contributed by atoms with Crippen LogP contribution in [0.2, 0.25) is 0 Å². The largest absolute Gasteiger partial charge is 0.381 e. The van der Waals surface area contributed by atoms with Crippen molar-refractivity contribution in [2.45, 2.75) is 44.4 Å². The van der Waals surface area contributed by atoms with E-state index in [1.165, 1.54) is 16.7 Å². The van der Waals surface area contributed by atoms with Gasteiger partial charge in [-0.15, -0.1) is 0 Å². The fraction of sp³-hybridized carbons (Fsp3) is 0.458. The average molecular weight is 381 g/mol. The minimum absolute atomic E-state index is 0.0527. The molecule has 28 heavy (non-hydrogen) atoms. The number of urea groups is 1. The number of ether oxygens (including phenoxy) is 1. The monoisotopic (exact) mass is 380 g/mol. The van der Waals surface area contributed by atoms with Crippen molar-refractivity contribution in [3.63, 3.8) is 0 Å². The smallest absolute Gasteiger partial charge is 0.314 e. The molecule has 3 rings (SSSR count). The van der Waals surface area contributed by atoms with Gasteiger partial charge in [-0.2, -0.15) is 0 Å². The molecule has 2 amide bonds. The van der Waals surface area contributed by atoms with Gasteiger partial charge in [-0.25, -0.2) is 4.79 Å². The van der Waals surface area contributed by atoms with E-state index < -0.39 is 0 Å². The number of carbonyl (C=O) groups excluding carboxylic acids is 1. The molecule has 1 aliphatic heterocycles. The Bertz CT molecular complexity index is 780. The topological polar surface area (TPSA) is 50.4 Å². The number of hydrogen-bond donors (Lipinski definition) is 2. The molecule has 1 fully saturated rings. The van der Waals surface area contributed by atoms with Crippen LogP contribution in [0.15, 0.2) is 54.6 Å². The summed E-state index contributed by atoms with van der Waals surface area (Å²) in [6.07, 6.45) is 1.85. The van der Waals surface area contributed by atoms with Crippen molar-refractivity contribution >= 4 is 6.03 Å². The normalized spacial score (nSPS) is 16.4. The van der Waals surface area contributed by atoms with E-state index in [-0.39, 0.29) is 16.9 Å². The second-order valence-electron chi connectivity index (χ2n) is 8.55. The number of carbonyl (C=O) groups is 1. The predicted molar refractivity (Wildman–Crippen MR) is 114 cm³/mol. The molecule has 0 bridgehead atoms. The first-order chi connectivity index (χ1) is 13.4. The van der Waals surface area contributed by atoms with E-state index in [2.05, 4.69) is 79.9 Å². The van der Waals surface area contributed by atoms with Crippen molar-refractivity contribution in [1.29, 1.82) is 0 Å². The van der Waals surface area contributed by atoms with Crippen molar-refractivity contribution in [1.82, 2.24) is 10.6 Å². The van der Waals surface area contributed by atoms with Gasteiger partial charge in [0.25, 0.3) is 0 Å². The molecule has 0 aromatic heterocycles. The predicted octanol–water partition coefficient (Wildman–Crippen LogP) is 4.32. The first-order valence-corrected chi connectivity index (χ1v) is 10.1. The van der Waals surface area contributed by atoms with Crippen LogP contribution in [0.4, 0.5) is 4.79 Å². The number of nitrogens with one attached hydrogen (secondary N) is 2. The number of benzene rings is 2. The van der Waals surface area contributed by atoms with Gasteiger partial charge in [0, 0.05) is 37.1 Å². The zero-order chi connectivity index (χ0) is 20.0. The summed E-state index contributed by atoms with van der Waals surface area (Å²) in [5, 5.41) is 6.19. The Hall–Kier alpha value is -2.33. The molecule has 0 aliphatic carbocycles. The first kappa shape index (κ1) is 20.4. The highest BCUT2D eigenvalue weighted by atomic mass is 16.5. The minimum Gasteiger partial charge on any atom is -0.381 e. The van der Waals surface area contributed by atoms with Crippen molar-refractivity contribution < 1.29 is 9.53 Å². The van der Waals surface area contributed by atoms with Crippen LogP contribution in [-0.4, -0.2) is 32.3 Å². The molecule has 0 spiro atoms. The van der Waals surface area contributed by atoms with Crippen LogP contribution in [0.25, 0.3) is 0 Å². The van der Waals surface area contributed by atoms with E-state index in [1.807, 2.05) is 6.07 Å². The van der Waals surface area contributed by atoms with E-state index >= 15 is 0 Å². The van der Waals surface area contributed by atoms with Crippen LogP contribution in [0.5, 0.6) is 0 Å². The van der Waals surface area contributed by atoms with Gasteiger partial charge in [0.15, 0.2) is 0 Å². The maximum absolute atomic E-state index is 12.6. The summed E-state index contributed by atoms with van der Waals surface area (Å²) in [4.78, 5) is 12.6. The van der Waals surface area contributed by atoms with Crippen molar-refractivity contribution in [2.75, 3.05) is 26.3 Å². The lowest BCUT2D eigenvalue weighted by Crippen LogP contribution is -2.49. The Kier molecular flexibility index (Phi) is 6.40. The number of amides is 2. The molecule has 2 aromatic carbocycles. The lowest BCUT2D eigenvalue weighted by Gasteiger charge is -2.38. The zero-order valence-corrected chi connectivity index (χ0v) is 17.3. The quantitative estimate of drug-likeness (QED) is 0.784. The van der Waals surface area contributed by atoms with E-state index in [9.17, 15) is 4.79 Å². The molecule has 2 N–H and O–H groups in total. The molecular formula is C24H32N2O2. The Morgan fingerprint density at radius 2 is 1.75 bits per heavy atom. The molecule has 0 saturated carbocycles. The third kappa shape index (κ3) is 4.93. The standard InChI is InChI=1S/C24H32N2O2/c1-19-8-7-11-21(16-19)23(2,3)17-25-22(27)26-18-24(12-14-28-15-13-24)20-9-5-4-6-10-20/h4-11,16H,12-15,17-18H2,1-3H3,(H2,25,26,27). The van der Waals surface area contributed by atoms with Crippen LogP contribution >= 0.6 is 0 Å². The fourth-order valence-corrected chi connectivity index (χ4v) is 3.90. The second-order valence-corrected chi connectivity index (χ2v) is 8.55. The molecule has 0 radical (unpaired) electrons. The first-order valence-electron chi connectivity index (χ1n) is 10.1. The summed E-state index contributed by atoms with van der Waals surface area (Å²) < 4.78 is 5.58. The molecule has 1 aliphatic rings. The number of hydrogen-bond acceptors (Lipinski definition) is 2. The van der Waals surface area contributed by atoms with E-state index in [1.54, 1.807) is 0 Å². The highest BCUT2D eigenvalue weighted by Gasteiger charge is 2.34. The van der Waals surface area contributed by atoms with Crippen molar-refractivity contribution in [3.8, 4) is 0 Å². The number of aryl methyl sites for hydroxylation is 1. The summed E-state index contributed by atoms with van der Waals surface area (Å²) in [7, 11) is 0. The van der Waals surface area contributed by atoms with Gasteiger partial charge in [0.2, 0.25) is 0 Å². The van der Waals surface area contributed by atoms with Gasteiger partial charge < -0.3 is 15.4 Å². The van der Waals surface area contributed by atoms with Crippen LogP contribution in [-0.2, 0) is 15.6 Å². The van der Waals surface area contributed by atoms with Crippen LogP contribution in [0, 0.1) is 6.92 Å². The van der Waals surface area contributed by atoms with Crippen LogP contribution in [0.3, 0.4) is 0 Å². The Morgan fingerprint density at radius 3 is 2.43 bits per heavy atom. The molecular weight excluding hydrogens is 348 g/mol. The number of rotatable bonds is 6. The van der Waals surface area contributed by atoms with Gasteiger partial charge in [-0.3, -0.25) is 0 Å². The molecule has 0 atom stereocenters. The fourth-order valence-electron chi connectivity index (χ4n) is 3.90. The zero-order valence-electron chi connectivity index (χ0n) is 17.3. The molecule has 2 aromatic rings. The lowest BCUT2D eigenvalue weighted by atomic mass is 9.74. The third-order valence-corrected chi connectivity index (χ3v) is 5.91. The Morgan fingerprint density at radius 1 is 1.04 bits per heavy atom. The highest BCUT2D eigenvalue weighted by molar-refractivity contribution is 5.74. The highest BCUT2D eigenvalue weighted by Crippen LogP contribution is 2.34. The SMILES string of the molecule is Cc1cccc(C(C)(C)CNC(=O)NCC2(c3ccccc3)CCOCC2)c1. The minimum atomic E-state index is -0.126. The summed E-state index contributed by atoms with van der Waals surface area (Å²) >= 11 is 0. The van der Waals surface area contributed by atoms with Crippen molar-refractivity contribution in [3.05, 3.63) is 71.3 Å². The van der Waals surface area contributed by atoms with Crippen molar-refractivity contribution in [2.24, 2.45) is 0 Å². The van der Waals surface area contributed by atoms with E-state index in [4.69, 9.17) is 4.74 Å². The molecule has 0 unspecified atom stereocenters. The molecule has 1 heterocycles. The van der Waals surface area contributed by atoms with E-state index in [0.29, 0.717) is 13.1 Å². The van der Waals surface area contributed by atoms with Gasteiger partial charge >= 0.3 is 6.03 Å². The Labute approximate surface area is 168 Å². The summed E-state index contributed by atoms with van der Waals surface area (Å²) in [6.45, 7) is 9.09. The van der Waals surface area contributed by atoms with Gasteiger partial charge in [0.1, 0.15) is 0 Å². The molecule has 150 valence electrons. The van der Waals surface area contributed by atoms with Crippen LogP contribution in [0.1, 0.15) is 43.4 Å². The van der Waals surface area contributed by atoms with Gasteiger partial charge in [-0.05, 0) is 30.9 Å².